The Hall–Kier alpha value is -3.29. The van der Waals surface area contributed by atoms with Gasteiger partial charge in [0.25, 0.3) is 5.56 Å². The van der Waals surface area contributed by atoms with Gasteiger partial charge in [0.05, 0.1) is 45.8 Å². The maximum absolute atomic E-state index is 15.4. The number of thiazole rings is 1. The average molecular weight is 508 g/mol. The van der Waals surface area contributed by atoms with Crippen molar-refractivity contribution in [3.8, 4) is 6.07 Å². The highest BCUT2D eigenvalue weighted by Crippen LogP contribution is 2.36. The van der Waals surface area contributed by atoms with E-state index >= 15 is 4.39 Å². The van der Waals surface area contributed by atoms with Gasteiger partial charge in [-0.2, -0.15) is 5.26 Å². The van der Waals surface area contributed by atoms with Crippen molar-refractivity contribution in [2.45, 2.75) is 58.2 Å². The van der Waals surface area contributed by atoms with E-state index in [2.05, 4.69) is 41.6 Å². The predicted molar refractivity (Wildman–Crippen MR) is 140 cm³/mol. The van der Waals surface area contributed by atoms with Gasteiger partial charge < -0.3 is 4.90 Å². The second-order valence-electron chi connectivity index (χ2n) is 9.45. The number of halogens is 1. The average Bonchev–Trinajstić information content (AvgIpc) is 3.53. The topological polar surface area (TPSA) is 82.5 Å². The number of rotatable bonds is 6. The third-order valence-electron chi connectivity index (χ3n) is 7.54. The van der Waals surface area contributed by atoms with Gasteiger partial charge in [0, 0.05) is 49.9 Å². The molecule has 0 radical (unpaired) electrons. The van der Waals surface area contributed by atoms with E-state index in [0.717, 1.165) is 25.1 Å². The second-order valence-corrected chi connectivity index (χ2v) is 10.3. The van der Waals surface area contributed by atoms with Crippen LogP contribution in [-0.4, -0.2) is 49.2 Å². The van der Waals surface area contributed by atoms with Crippen molar-refractivity contribution in [1.82, 2.24) is 24.1 Å². The van der Waals surface area contributed by atoms with Crippen LogP contribution >= 0.6 is 11.3 Å². The van der Waals surface area contributed by atoms with Crippen LogP contribution in [0.25, 0.3) is 15.9 Å². The summed E-state index contributed by atoms with van der Waals surface area (Å²) in [6.07, 6.45) is 3.70. The number of aromatic nitrogens is 4. The Bertz CT molecular complexity index is 1520. The number of piperazine rings is 1. The molecule has 1 saturated heterocycles. The fraction of sp³-hybridized carbons (Fsp3) is 0.462. The Morgan fingerprint density at radius 3 is 2.75 bits per heavy atom. The lowest BCUT2D eigenvalue weighted by molar-refractivity contribution is 0.0995. The highest BCUT2D eigenvalue weighted by molar-refractivity contribution is 7.16. The van der Waals surface area contributed by atoms with Gasteiger partial charge in [-0.15, -0.1) is 11.3 Å². The summed E-state index contributed by atoms with van der Waals surface area (Å²) in [6.45, 7) is 7.81. The third kappa shape index (κ3) is 3.96. The van der Waals surface area contributed by atoms with Crippen LogP contribution in [0.2, 0.25) is 0 Å². The van der Waals surface area contributed by atoms with E-state index in [1.807, 2.05) is 12.1 Å². The molecule has 0 N–H and O–H groups in total. The molecule has 4 aromatic rings. The van der Waals surface area contributed by atoms with Crippen LogP contribution in [0.4, 0.5) is 10.1 Å². The summed E-state index contributed by atoms with van der Waals surface area (Å²) in [7, 11) is 1.71. The Labute approximate surface area is 213 Å². The Morgan fingerprint density at radius 1 is 1.25 bits per heavy atom. The molecule has 1 aliphatic heterocycles. The number of hydrogen-bond acceptors (Lipinski definition) is 7. The molecule has 36 heavy (non-hydrogen) atoms. The van der Waals surface area contributed by atoms with E-state index in [1.54, 1.807) is 29.3 Å². The molecule has 188 valence electrons. The van der Waals surface area contributed by atoms with Gasteiger partial charge in [0.1, 0.15) is 5.82 Å². The third-order valence-corrected chi connectivity index (χ3v) is 8.37. The number of anilines is 1. The largest absolute Gasteiger partial charge is 0.362 e. The van der Waals surface area contributed by atoms with Crippen molar-refractivity contribution in [2.75, 3.05) is 18.0 Å². The fourth-order valence-electron chi connectivity index (χ4n) is 5.45. The normalized spacial score (nSPS) is 19.7. The molecule has 3 aromatic heterocycles. The van der Waals surface area contributed by atoms with Crippen molar-refractivity contribution in [3.05, 3.63) is 57.3 Å². The number of aryl methyl sites for hydroxylation is 1. The van der Waals surface area contributed by atoms with Gasteiger partial charge in [-0.05, 0) is 25.8 Å². The molecule has 0 amide bonds. The zero-order valence-corrected chi connectivity index (χ0v) is 21.8. The SMILES string of the molecule is CC[C@H]1CN(C(C)c2ccc3ncsc3c2F)[C@H](CC)CN1c1cc(=O)n(C)n2cc(CC#N)nc12. The number of nitriles is 1. The first-order chi connectivity index (χ1) is 17.4. The first kappa shape index (κ1) is 24.4. The van der Waals surface area contributed by atoms with Gasteiger partial charge in [0.15, 0.2) is 5.65 Å². The number of imidazole rings is 1. The van der Waals surface area contributed by atoms with Crippen LogP contribution in [0, 0.1) is 17.1 Å². The van der Waals surface area contributed by atoms with Gasteiger partial charge in [-0.1, -0.05) is 19.9 Å². The fourth-order valence-corrected chi connectivity index (χ4v) is 6.18. The van der Waals surface area contributed by atoms with E-state index in [1.165, 1.54) is 16.0 Å². The zero-order valence-electron chi connectivity index (χ0n) is 21.0. The number of nitrogens with zero attached hydrogens (tertiary/aromatic N) is 7. The lowest BCUT2D eigenvalue weighted by Crippen LogP contribution is -2.59. The molecule has 1 fully saturated rings. The highest BCUT2D eigenvalue weighted by Gasteiger charge is 2.37. The van der Waals surface area contributed by atoms with Gasteiger partial charge >= 0.3 is 0 Å². The minimum absolute atomic E-state index is 0.102. The van der Waals surface area contributed by atoms with Crippen LogP contribution in [-0.2, 0) is 13.5 Å². The molecule has 0 aliphatic carbocycles. The standard InChI is InChI=1S/C26H30FN7OS/c1-5-18-14-33(22-11-23(35)31(4)34-12-17(9-10-28)30-26(22)34)19(6-2)13-32(18)16(3)20-7-8-21-25(24(20)27)36-15-29-21/h7-8,11-12,15-16,18-19H,5-6,9,13-14H2,1-4H3/t16?,18-,19+/m1/s1. The summed E-state index contributed by atoms with van der Waals surface area (Å²) in [5, 5.41) is 9.16. The Kier molecular flexibility index (Phi) is 6.53. The molecule has 5 rings (SSSR count). The molecule has 3 atom stereocenters. The maximum atomic E-state index is 15.4. The maximum Gasteiger partial charge on any atom is 0.267 e. The van der Waals surface area contributed by atoms with Crippen LogP contribution < -0.4 is 10.5 Å². The van der Waals surface area contributed by atoms with E-state index < -0.39 is 0 Å². The molecule has 0 spiro atoms. The Morgan fingerprint density at radius 2 is 2.03 bits per heavy atom. The summed E-state index contributed by atoms with van der Waals surface area (Å²) in [5.74, 6) is -0.177. The minimum atomic E-state index is -0.177. The van der Waals surface area contributed by atoms with Crippen molar-refractivity contribution >= 4 is 32.9 Å². The highest BCUT2D eigenvalue weighted by atomic mass is 32.1. The van der Waals surface area contributed by atoms with E-state index in [4.69, 9.17) is 10.2 Å². The van der Waals surface area contributed by atoms with Crippen molar-refractivity contribution in [3.63, 3.8) is 0 Å². The van der Waals surface area contributed by atoms with Crippen LogP contribution in [0.3, 0.4) is 0 Å². The second kappa shape index (κ2) is 9.64. The van der Waals surface area contributed by atoms with Crippen molar-refractivity contribution in [2.24, 2.45) is 7.05 Å². The molecule has 0 saturated carbocycles. The molecule has 1 unspecified atom stereocenters. The van der Waals surface area contributed by atoms with Crippen LogP contribution in [0.15, 0.2) is 34.7 Å². The Balaban J connectivity index is 1.53. The molecular weight excluding hydrogens is 477 g/mol. The van der Waals surface area contributed by atoms with Gasteiger partial charge in [-0.3, -0.25) is 9.69 Å². The van der Waals surface area contributed by atoms with E-state index in [9.17, 15) is 4.79 Å². The summed E-state index contributed by atoms with van der Waals surface area (Å²) in [6, 6.07) is 7.76. The lowest BCUT2D eigenvalue weighted by atomic mass is 9.96. The summed E-state index contributed by atoms with van der Waals surface area (Å²) in [5.41, 5.74) is 5.06. The molecule has 0 bridgehead atoms. The quantitative estimate of drug-likeness (QED) is 0.387. The predicted octanol–water partition coefficient (Wildman–Crippen LogP) is 4.29. The molecule has 1 aliphatic rings. The van der Waals surface area contributed by atoms with Crippen LogP contribution in [0.1, 0.15) is 50.9 Å². The minimum Gasteiger partial charge on any atom is -0.362 e. The lowest BCUT2D eigenvalue weighted by Gasteiger charge is -2.49. The monoisotopic (exact) mass is 507 g/mol. The zero-order chi connectivity index (χ0) is 25.6. The van der Waals surface area contributed by atoms with Crippen molar-refractivity contribution in [1.29, 1.82) is 5.26 Å². The van der Waals surface area contributed by atoms with E-state index in [-0.39, 0.29) is 35.9 Å². The summed E-state index contributed by atoms with van der Waals surface area (Å²) < 4.78 is 19.3. The number of fused-ring (bicyclic) bond motifs is 2. The number of hydrogen-bond donors (Lipinski definition) is 0. The van der Waals surface area contributed by atoms with Crippen molar-refractivity contribution < 1.29 is 4.39 Å². The first-order valence-electron chi connectivity index (χ1n) is 12.4. The molecule has 10 heteroatoms. The summed E-state index contributed by atoms with van der Waals surface area (Å²) in [4.78, 5) is 26.5. The molecular formula is C26H30FN7OS. The first-order valence-corrected chi connectivity index (χ1v) is 13.2. The van der Waals surface area contributed by atoms with Gasteiger partial charge in [-0.25, -0.2) is 23.6 Å². The summed E-state index contributed by atoms with van der Waals surface area (Å²) >= 11 is 1.34. The molecule has 4 heterocycles. The number of benzene rings is 1. The van der Waals surface area contributed by atoms with E-state index in [0.29, 0.717) is 33.7 Å². The van der Waals surface area contributed by atoms with Gasteiger partial charge in [0.2, 0.25) is 0 Å². The molecule has 8 nitrogen and oxygen atoms in total. The smallest absolute Gasteiger partial charge is 0.267 e. The molecule has 1 aromatic carbocycles. The van der Waals surface area contributed by atoms with Crippen LogP contribution in [0.5, 0.6) is 0 Å².